The van der Waals surface area contributed by atoms with Crippen LogP contribution in [0.5, 0.6) is 0 Å². The first-order valence-corrected chi connectivity index (χ1v) is 5.87. The fourth-order valence-corrected chi connectivity index (χ4v) is 1.90. The zero-order chi connectivity index (χ0) is 11.9. The van der Waals surface area contributed by atoms with Gasteiger partial charge in [0.1, 0.15) is 0 Å². The average molecular weight is 227 g/mol. The zero-order valence-electron chi connectivity index (χ0n) is 10.0. The standard InChI is InChI=1S/C14H17N3/c1-15-14(12-5-4-9-16-11-12)8-7-13-6-2-3-10-17-13/h2-6,9-11,14-15H,7-8H2,1H3. The Morgan fingerprint density at radius 2 is 2.12 bits per heavy atom. The van der Waals surface area contributed by atoms with Crippen molar-refractivity contribution in [2.45, 2.75) is 18.9 Å². The number of hydrogen-bond acceptors (Lipinski definition) is 3. The van der Waals surface area contributed by atoms with E-state index in [1.165, 1.54) is 5.56 Å². The summed E-state index contributed by atoms with van der Waals surface area (Å²) in [5.74, 6) is 0. The van der Waals surface area contributed by atoms with Crippen molar-refractivity contribution in [2.75, 3.05) is 7.05 Å². The Morgan fingerprint density at radius 1 is 1.18 bits per heavy atom. The van der Waals surface area contributed by atoms with E-state index in [4.69, 9.17) is 0 Å². The first kappa shape index (κ1) is 11.7. The van der Waals surface area contributed by atoms with E-state index in [0.717, 1.165) is 18.5 Å². The Kier molecular flexibility index (Phi) is 4.22. The van der Waals surface area contributed by atoms with Crippen LogP contribution in [0.4, 0.5) is 0 Å². The van der Waals surface area contributed by atoms with E-state index in [2.05, 4.69) is 27.4 Å². The van der Waals surface area contributed by atoms with Gasteiger partial charge in [-0.1, -0.05) is 12.1 Å². The third-order valence-corrected chi connectivity index (χ3v) is 2.85. The van der Waals surface area contributed by atoms with Crippen LogP contribution in [0.15, 0.2) is 48.9 Å². The number of pyridine rings is 2. The van der Waals surface area contributed by atoms with Crippen LogP contribution >= 0.6 is 0 Å². The minimum absolute atomic E-state index is 0.339. The van der Waals surface area contributed by atoms with Crippen LogP contribution in [-0.4, -0.2) is 17.0 Å². The highest BCUT2D eigenvalue weighted by Gasteiger charge is 2.09. The molecule has 0 bridgehead atoms. The van der Waals surface area contributed by atoms with Gasteiger partial charge in [-0.2, -0.15) is 0 Å². The molecule has 0 amide bonds. The molecule has 2 aromatic rings. The zero-order valence-corrected chi connectivity index (χ0v) is 10.0. The van der Waals surface area contributed by atoms with E-state index in [1.807, 2.05) is 37.6 Å². The Labute approximate surface area is 102 Å². The van der Waals surface area contributed by atoms with Gasteiger partial charge in [0.2, 0.25) is 0 Å². The predicted molar refractivity (Wildman–Crippen MR) is 68.6 cm³/mol. The number of nitrogens with zero attached hydrogens (tertiary/aromatic N) is 2. The third kappa shape index (κ3) is 3.36. The summed E-state index contributed by atoms with van der Waals surface area (Å²) in [5, 5.41) is 3.32. The fraction of sp³-hybridized carbons (Fsp3) is 0.286. The maximum Gasteiger partial charge on any atom is 0.0404 e. The Morgan fingerprint density at radius 3 is 2.76 bits per heavy atom. The van der Waals surface area contributed by atoms with Crippen molar-refractivity contribution >= 4 is 0 Å². The van der Waals surface area contributed by atoms with Crippen molar-refractivity contribution in [1.29, 1.82) is 0 Å². The molecule has 1 N–H and O–H groups in total. The topological polar surface area (TPSA) is 37.8 Å². The van der Waals surface area contributed by atoms with Gasteiger partial charge in [0.15, 0.2) is 0 Å². The lowest BCUT2D eigenvalue weighted by Crippen LogP contribution is -2.17. The number of rotatable bonds is 5. The quantitative estimate of drug-likeness (QED) is 0.852. The smallest absolute Gasteiger partial charge is 0.0404 e. The largest absolute Gasteiger partial charge is 0.313 e. The van der Waals surface area contributed by atoms with Crippen molar-refractivity contribution in [1.82, 2.24) is 15.3 Å². The van der Waals surface area contributed by atoms with Crippen molar-refractivity contribution in [3.63, 3.8) is 0 Å². The molecule has 2 aromatic heterocycles. The van der Waals surface area contributed by atoms with E-state index in [0.29, 0.717) is 6.04 Å². The third-order valence-electron chi connectivity index (χ3n) is 2.85. The number of nitrogens with one attached hydrogen (secondary N) is 1. The van der Waals surface area contributed by atoms with Crippen LogP contribution < -0.4 is 5.32 Å². The molecule has 0 saturated carbocycles. The molecular formula is C14H17N3. The maximum absolute atomic E-state index is 4.34. The van der Waals surface area contributed by atoms with Gasteiger partial charge < -0.3 is 5.32 Å². The van der Waals surface area contributed by atoms with Gasteiger partial charge >= 0.3 is 0 Å². The fourth-order valence-electron chi connectivity index (χ4n) is 1.90. The molecule has 2 heterocycles. The second-order valence-corrected chi connectivity index (χ2v) is 3.99. The molecule has 0 aliphatic heterocycles. The lowest BCUT2D eigenvalue weighted by atomic mass is 10.0. The van der Waals surface area contributed by atoms with Crippen LogP contribution in [0, 0.1) is 0 Å². The molecule has 0 fully saturated rings. The average Bonchev–Trinajstić information content (AvgIpc) is 2.42. The van der Waals surface area contributed by atoms with Crippen LogP contribution in [0.25, 0.3) is 0 Å². The number of aryl methyl sites for hydroxylation is 1. The Hall–Kier alpha value is -1.74. The number of hydrogen-bond donors (Lipinski definition) is 1. The molecule has 2 rings (SSSR count). The van der Waals surface area contributed by atoms with Crippen molar-refractivity contribution in [2.24, 2.45) is 0 Å². The van der Waals surface area contributed by atoms with Crippen LogP contribution in [0.2, 0.25) is 0 Å². The highest BCUT2D eigenvalue weighted by atomic mass is 14.9. The molecular weight excluding hydrogens is 210 g/mol. The Bertz CT molecular complexity index is 428. The molecule has 3 nitrogen and oxygen atoms in total. The normalized spacial score (nSPS) is 12.3. The number of aromatic nitrogens is 2. The molecule has 1 atom stereocenters. The van der Waals surface area contributed by atoms with Crippen LogP contribution in [0.1, 0.15) is 23.7 Å². The second-order valence-electron chi connectivity index (χ2n) is 3.99. The molecule has 0 aliphatic rings. The van der Waals surface area contributed by atoms with Gasteiger partial charge in [-0.25, -0.2) is 0 Å². The van der Waals surface area contributed by atoms with Gasteiger partial charge in [0.25, 0.3) is 0 Å². The summed E-state index contributed by atoms with van der Waals surface area (Å²) in [4.78, 5) is 8.49. The summed E-state index contributed by atoms with van der Waals surface area (Å²) in [7, 11) is 1.98. The molecule has 3 heteroatoms. The van der Waals surface area contributed by atoms with Crippen molar-refractivity contribution < 1.29 is 0 Å². The van der Waals surface area contributed by atoms with E-state index < -0.39 is 0 Å². The van der Waals surface area contributed by atoms with Crippen LogP contribution in [-0.2, 0) is 6.42 Å². The molecule has 17 heavy (non-hydrogen) atoms. The minimum Gasteiger partial charge on any atom is -0.313 e. The van der Waals surface area contributed by atoms with Gasteiger partial charge in [-0.15, -0.1) is 0 Å². The maximum atomic E-state index is 4.34. The van der Waals surface area contributed by atoms with E-state index in [-0.39, 0.29) is 0 Å². The molecule has 1 unspecified atom stereocenters. The first-order chi connectivity index (χ1) is 8.40. The second kappa shape index (κ2) is 6.11. The summed E-state index contributed by atoms with van der Waals surface area (Å²) in [5.41, 5.74) is 2.36. The van der Waals surface area contributed by atoms with E-state index in [9.17, 15) is 0 Å². The predicted octanol–water partition coefficient (Wildman–Crippen LogP) is 2.37. The van der Waals surface area contributed by atoms with Gasteiger partial charge in [-0.05, 0) is 43.7 Å². The molecule has 0 radical (unpaired) electrons. The van der Waals surface area contributed by atoms with Gasteiger partial charge in [-0.3, -0.25) is 9.97 Å². The van der Waals surface area contributed by atoms with Gasteiger partial charge in [0, 0.05) is 30.3 Å². The van der Waals surface area contributed by atoms with E-state index >= 15 is 0 Å². The Balaban J connectivity index is 1.97. The molecule has 0 aromatic carbocycles. The highest BCUT2D eigenvalue weighted by Crippen LogP contribution is 2.16. The summed E-state index contributed by atoms with van der Waals surface area (Å²) in [6, 6.07) is 10.5. The molecule has 88 valence electrons. The molecule has 0 saturated heterocycles. The lowest BCUT2D eigenvalue weighted by Gasteiger charge is -2.15. The van der Waals surface area contributed by atoms with Crippen molar-refractivity contribution in [3.8, 4) is 0 Å². The van der Waals surface area contributed by atoms with Crippen molar-refractivity contribution in [3.05, 3.63) is 60.2 Å². The highest BCUT2D eigenvalue weighted by molar-refractivity contribution is 5.14. The first-order valence-electron chi connectivity index (χ1n) is 5.87. The van der Waals surface area contributed by atoms with Gasteiger partial charge in [0.05, 0.1) is 0 Å². The SMILES string of the molecule is CNC(CCc1ccccn1)c1cccnc1. The molecule has 0 aliphatic carbocycles. The molecule has 0 spiro atoms. The summed E-state index contributed by atoms with van der Waals surface area (Å²) < 4.78 is 0. The minimum atomic E-state index is 0.339. The lowest BCUT2D eigenvalue weighted by molar-refractivity contribution is 0.544. The monoisotopic (exact) mass is 227 g/mol. The van der Waals surface area contributed by atoms with Crippen LogP contribution in [0.3, 0.4) is 0 Å². The summed E-state index contributed by atoms with van der Waals surface area (Å²) >= 11 is 0. The van der Waals surface area contributed by atoms with E-state index in [1.54, 1.807) is 6.20 Å². The summed E-state index contributed by atoms with van der Waals surface area (Å²) in [6.07, 6.45) is 7.56. The summed E-state index contributed by atoms with van der Waals surface area (Å²) in [6.45, 7) is 0.